The van der Waals surface area contributed by atoms with Crippen molar-refractivity contribution in [2.24, 2.45) is 0 Å². The largest absolute Gasteiger partial charge is 0.252 e. The van der Waals surface area contributed by atoms with E-state index in [0.717, 1.165) is 39.7 Å². The Morgan fingerprint density at radius 1 is 1.00 bits per heavy atom. The number of allylic oxidation sites excluding steroid dienone is 6. The molecule has 0 spiro atoms. The molecular weight excluding hydrogens is 326 g/mol. The number of fused-ring (bicyclic) bond motifs is 1. The monoisotopic (exact) mass is 351 g/mol. The lowest BCUT2D eigenvalue weighted by atomic mass is 9.89. The normalized spacial score (nSPS) is 11.9. The predicted molar refractivity (Wildman–Crippen MR) is 119 cm³/mol. The van der Waals surface area contributed by atoms with Gasteiger partial charge in [-0.2, -0.15) is 0 Å². The molecule has 0 fully saturated rings. The maximum atomic E-state index is 4.94. The van der Waals surface area contributed by atoms with Gasteiger partial charge in [0.05, 0.1) is 5.52 Å². The summed E-state index contributed by atoms with van der Waals surface area (Å²) in [6.07, 6.45) is 8.85. The molecule has 0 saturated carbocycles. The van der Waals surface area contributed by atoms with Gasteiger partial charge in [0, 0.05) is 22.2 Å². The highest BCUT2D eigenvalue weighted by Crippen LogP contribution is 2.37. The van der Waals surface area contributed by atoms with E-state index in [9.17, 15) is 0 Å². The fraction of sp³-hybridized carbons (Fsp3) is 0.115. The maximum Gasteiger partial charge on any atom is 0.0712 e. The molecule has 1 heteroatoms. The summed E-state index contributed by atoms with van der Waals surface area (Å²) in [6, 6.07) is 18.9. The fourth-order valence-electron chi connectivity index (χ4n) is 3.33. The molecule has 0 atom stereocenters. The Kier molecular flexibility index (Phi) is 5.83. The zero-order valence-electron chi connectivity index (χ0n) is 16.1. The molecular formula is C26H25N. The topological polar surface area (TPSA) is 12.9 Å². The molecule has 134 valence electrons. The summed E-state index contributed by atoms with van der Waals surface area (Å²) in [7, 11) is 0. The molecule has 0 aliphatic rings. The van der Waals surface area contributed by atoms with E-state index >= 15 is 0 Å². The summed E-state index contributed by atoms with van der Waals surface area (Å²) in [5, 5.41) is 1.15. The van der Waals surface area contributed by atoms with E-state index in [0.29, 0.717) is 0 Å². The highest BCUT2D eigenvalue weighted by atomic mass is 14.7. The van der Waals surface area contributed by atoms with E-state index in [1.807, 2.05) is 31.2 Å². The molecule has 0 N–H and O–H groups in total. The van der Waals surface area contributed by atoms with Crippen LogP contribution >= 0.6 is 0 Å². The van der Waals surface area contributed by atoms with Crippen LogP contribution in [0.2, 0.25) is 0 Å². The van der Waals surface area contributed by atoms with Crippen molar-refractivity contribution in [1.82, 2.24) is 4.98 Å². The molecule has 0 aliphatic heterocycles. The van der Waals surface area contributed by atoms with Crippen LogP contribution in [0.15, 0.2) is 97.6 Å². The first-order valence-corrected chi connectivity index (χ1v) is 9.32. The Balaban J connectivity index is 2.30. The zero-order valence-corrected chi connectivity index (χ0v) is 16.1. The first-order valence-electron chi connectivity index (χ1n) is 9.32. The van der Waals surface area contributed by atoms with E-state index in [-0.39, 0.29) is 0 Å². The summed E-state index contributed by atoms with van der Waals surface area (Å²) >= 11 is 0. The molecule has 1 heterocycles. The van der Waals surface area contributed by atoms with Crippen molar-refractivity contribution in [2.45, 2.75) is 20.3 Å². The van der Waals surface area contributed by atoms with Gasteiger partial charge in [-0.25, -0.2) is 0 Å². The zero-order chi connectivity index (χ0) is 19.2. The Hall–Kier alpha value is -3.19. The SMILES string of the molecule is C=CC(/C=C/C(=C)c1c(CC)nc2ccccc2c1-c1ccccc1)=C\C. The van der Waals surface area contributed by atoms with Crippen LogP contribution < -0.4 is 0 Å². The van der Waals surface area contributed by atoms with Gasteiger partial charge in [0.1, 0.15) is 0 Å². The van der Waals surface area contributed by atoms with Crippen LogP contribution in [-0.4, -0.2) is 4.98 Å². The summed E-state index contributed by atoms with van der Waals surface area (Å²) < 4.78 is 0. The van der Waals surface area contributed by atoms with Crippen LogP contribution in [0, 0.1) is 0 Å². The average Bonchev–Trinajstić information content (AvgIpc) is 2.73. The van der Waals surface area contributed by atoms with Crippen LogP contribution in [-0.2, 0) is 6.42 Å². The molecule has 3 rings (SSSR count). The number of hydrogen-bond acceptors (Lipinski definition) is 1. The second kappa shape index (κ2) is 8.46. The van der Waals surface area contributed by atoms with E-state index in [4.69, 9.17) is 4.98 Å². The van der Waals surface area contributed by atoms with Crippen LogP contribution in [0.3, 0.4) is 0 Å². The van der Waals surface area contributed by atoms with Crippen molar-refractivity contribution in [2.75, 3.05) is 0 Å². The van der Waals surface area contributed by atoms with Gasteiger partial charge in [0.2, 0.25) is 0 Å². The number of pyridine rings is 1. The predicted octanol–water partition coefficient (Wildman–Crippen LogP) is 7.17. The molecule has 2 aromatic carbocycles. The van der Waals surface area contributed by atoms with Gasteiger partial charge in [-0.3, -0.25) is 4.98 Å². The second-order valence-electron chi connectivity index (χ2n) is 6.40. The third-order valence-corrected chi connectivity index (χ3v) is 4.73. The van der Waals surface area contributed by atoms with Gasteiger partial charge in [-0.15, -0.1) is 0 Å². The number of aryl methyl sites for hydroxylation is 1. The van der Waals surface area contributed by atoms with Gasteiger partial charge in [-0.1, -0.05) is 92.9 Å². The summed E-state index contributed by atoms with van der Waals surface area (Å²) in [5.74, 6) is 0. The van der Waals surface area contributed by atoms with Crippen molar-refractivity contribution >= 4 is 16.5 Å². The van der Waals surface area contributed by atoms with Crippen LogP contribution in [0.25, 0.3) is 27.6 Å². The first kappa shape index (κ1) is 18.6. The standard InChI is InChI=1S/C26H25N/c1-5-20(6-2)18-17-19(4)25-23(7-3)27-24-16-12-11-15-22(24)26(25)21-13-9-8-10-14-21/h5-6,8-18H,1,4,7H2,2-3H3/b18-17+,20-6+. The maximum absolute atomic E-state index is 4.94. The Bertz CT molecular complexity index is 1040. The van der Waals surface area contributed by atoms with Gasteiger partial charge < -0.3 is 0 Å². The Morgan fingerprint density at radius 2 is 1.70 bits per heavy atom. The lowest BCUT2D eigenvalue weighted by molar-refractivity contribution is 1.05. The second-order valence-corrected chi connectivity index (χ2v) is 6.40. The molecule has 0 unspecified atom stereocenters. The number of rotatable bonds is 6. The van der Waals surface area contributed by atoms with Gasteiger partial charge in [0.15, 0.2) is 0 Å². The van der Waals surface area contributed by atoms with Crippen molar-refractivity contribution < 1.29 is 0 Å². The molecule has 27 heavy (non-hydrogen) atoms. The highest BCUT2D eigenvalue weighted by molar-refractivity contribution is 6.02. The lowest BCUT2D eigenvalue weighted by Crippen LogP contribution is -2.00. The highest BCUT2D eigenvalue weighted by Gasteiger charge is 2.16. The van der Waals surface area contributed by atoms with Crippen molar-refractivity contribution in [3.05, 3.63) is 109 Å². The molecule has 0 bridgehead atoms. The smallest absolute Gasteiger partial charge is 0.0712 e. The molecule has 1 aromatic heterocycles. The van der Waals surface area contributed by atoms with Crippen molar-refractivity contribution in [3.8, 4) is 11.1 Å². The first-order chi connectivity index (χ1) is 13.2. The number of aromatic nitrogens is 1. The lowest BCUT2D eigenvalue weighted by Gasteiger charge is -2.17. The number of nitrogens with zero attached hydrogens (tertiary/aromatic N) is 1. The van der Waals surface area contributed by atoms with Gasteiger partial charge in [0.25, 0.3) is 0 Å². The molecule has 0 amide bonds. The van der Waals surface area contributed by atoms with E-state index in [1.165, 1.54) is 11.1 Å². The average molecular weight is 351 g/mol. The van der Waals surface area contributed by atoms with E-state index < -0.39 is 0 Å². The van der Waals surface area contributed by atoms with Crippen LogP contribution in [0.4, 0.5) is 0 Å². The fourth-order valence-corrected chi connectivity index (χ4v) is 3.33. The molecule has 0 saturated heterocycles. The summed E-state index contributed by atoms with van der Waals surface area (Å²) in [5.41, 5.74) is 7.64. The summed E-state index contributed by atoms with van der Waals surface area (Å²) in [4.78, 5) is 4.94. The van der Waals surface area contributed by atoms with Crippen LogP contribution in [0.5, 0.6) is 0 Å². The van der Waals surface area contributed by atoms with E-state index in [1.54, 1.807) is 0 Å². The van der Waals surface area contributed by atoms with Gasteiger partial charge >= 0.3 is 0 Å². The quantitative estimate of drug-likeness (QED) is 0.429. The molecule has 1 nitrogen and oxygen atoms in total. The minimum Gasteiger partial charge on any atom is -0.252 e. The van der Waals surface area contributed by atoms with Crippen LogP contribution in [0.1, 0.15) is 25.1 Å². The van der Waals surface area contributed by atoms with Crippen molar-refractivity contribution in [3.63, 3.8) is 0 Å². The number of benzene rings is 2. The summed E-state index contributed by atoms with van der Waals surface area (Å²) in [6.45, 7) is 12.4. The van der Waals surface area contributed by atoms with Gasteiger partial charge in [-0.05, 0) is 36.1 Å². The molecule has 3 aromatic rings. The number of hydrogen-bond donors (Lipinski definition) is 0. The third kappa shape index (κ3) is 3.83. The molecule has 0 radical (unpaired) electrons. The van der Waals surface area contributed by atoms with Crippen molar-refractivity contribution in [1.29, 1.82) is 0 Å². The number of para-hydroxylation sites is 1. The minimum absolute atomic E-state index is 0.852. The molecule has 0 aliphatic carbocycles. The van der Waals surface area contributed by atoms with E-state index in [2.05, 4.69) is 74.7 Å². The Morgan fingerprint density at radius 3 is 2.37 bits per heavy atom. The Labute approximate surface area is 162 Å². The third-order valence-electron chi connectivity index (χ3n) is 4.73. The minimum atomic E-state index is 0.852.